The van der Waals surface area contributed by atoms with Crippen LogP contribution in [-0.2, 0) is 4.79 Å². The summed E-state index contributed by atoms with van der Waals surface area (Å²) in [4.78, 5) is 13.4. The van der Waals surface area contributed by atoms with Gasteiger partial charge < -0.3 is 11.5 Å². The van der Waals surface area contributed by atoms with Gasteiger partial charge in [0.15, 0.2) is 0 Å². The molecule has 1 heterocycles. The van der Waals surface area contributed by atoms with Crippen LogP contribution in [0.1, 0.15) is 19.8 Å². The molecule has 0 aromatic heterocycles. The summed E-state index contributed by atoms with van der Waals surface area (Å²) in [7, 11) is 0. The SMILES string of the molecule is CC(C(N)=O)N1CCCC1C(N)=S. The van der Waals surface area contributed by atoms with Crippen molar-refractivity contribution in [2.45, 2.75) is 31.8 Å². The van der Waals surface area contributed by atoms with Gasteiger partial charge in [-0.2, -0.15) is 0 Å². The molecule has 74 valence electrons. The quantitative estimate of drug-likeness (QED) is 0.610. The summed E-state index contributed by atoms with van der Waals surface area (Å²) in [5.41, 5.74) is 10.8. The molecule has 1 amide bonds. The number of likely N-dealkylation sites (tertiary alicyclic amines) is 1. The van der Waals surface area contributed by atoms with Crippen LogP contribution >= 0.6 is 12.2 Å². The van der Waals surface area contributed by atoms with Crippen LogP contribution in [-0.4, -0.2) is 34.4 Å². The molecule has 0 radical (unpaired) electrons. The van der Waals surface area contributed by atoms with Gasteiger partial charge in [-0.15, -0.1) is 0 Å². The number of hydrogen-bond acceptors (Lipinski definition) is 3. The van der Waals surface area contributed by atoms with Gasteiger partial charge in [0.2, 0.25) is 5.91 Å². The van der Waals surface area contributed by atoms with Crippen molar-refractivity contribution in [3.8, 4) is 0 Å². The molecule has 2 unspecified atom stereocenters. The van der Waals surface area contributed by atoms with Crippen molar-refractivity contribution in [2.24, 2.45) is 11.5 Å². The van der Waals surface area contributed by atoms with Crippen molar-refractivity contribution in [3.63, 3.8) is 0 Å². The van der Waals surface area contributed by atoms with Crippen LogP contribution in [0.25, 0.3) is 0 Å². The van der Waals surface area contributed by atoms with Crippen LogP contribution in [0.2, 0.25) is 0 Å². The zero-order valence-corrected chi connectivity index (χ0v) is 8.51. The summed E-state index contributed by atoms with van der Waals surface area (Å²) in [5, 5.41) is 0. The van der Waals surface area contributed by atoms with Gasteiger partial charge in [-0.25, -0.2) is 0 Å². The summed E-state index contributed by atoms with van der Waals surface area (Å²) in [6.45, 7) is 2.64. The lowest BCUT2D eigenvalue weighted by atomic mass is 10.2. The fraction of sp³-hybridized carbons (Fsp3) is 0.750. The number of carbonyl (C=O) groups excluding carboxylic acids is 1. The lowest BCUT2D eigenvalue weighted by Crippen LogP contribution is -2.49. The van der Waals surface area contributed by atoms with E-state index < -0.39 is 0 Å². The van der Waals surface area contributed by atoms with Crippen molar-refractivity contribution in [3.05, 3.63) is 0 Å². The maximum Gasteiger partial charge on any atom is 0.234 e. The minimum Gasteiger partial charge on any atom is -0.392 e. The third kappa shape index (κ3) is 2.16. The Kier molecular flexibility index (Phi) is 3.22. The minimum absolute atomic E-state index is 0.0532. The molecule has 1 rings (SSSR count). The average molecular weight is 201 g/mol. The monoisotopic (exact) mass is 201 g/mol. The van der Waals surface area contributed by atoms with Gasteiger partial charge in [0.25, 0.3) is 0 Å². The standard InChI is InChI=1S/C8H15N3OS/c1-5(7(9)12)11-4-2-3-6(11)8(10)13/h5-6H,2-4H2,1H3,(H2,9,12)(H2,10,13). The fourth-order valence-electron chi connectivity index (χ4n) is 1.72. The predicted molar refractivity (Wildman–Crippen MR) is 55.2 cm³/mol. The average Bonchev–Trinajstić information content (AvgIpc) is 2.50. The first-order valence-corrected chi connectivity index (χ1v) is 4.79. The Balaban J connectivity index is 2.68. The van der Waals surface area contributed by atoms with Crippen molar-refractivity contribution in [1.82, 2.24) is 4.90 Å². The normalized spacial score (nSPS) is 25.8. The second-order valence-corrected chi connectivity index (χ2v) is 3.85. The number of rotatable bonds is 3. The largest absolute Gasteiger partial charge is 0.392 e. The van der Waals surface area contributed by atoms with Gasteiger partial charge in [-0.1, -0.05) is 12.2 Å². The fourth-order valence-corrected chi connectivity index (χ4v) is 1.97. The first-order chi connectivity index (χ1) is 6.04. The Hall–Kier alpha value is -0.680. The van der Waals surface area contributed by atoms with Gasteiger partial charge in [0.05, 0.1) is 17.1 Å². The maximum atomic E-state index is 11.0. The smallest absolute Gasteiger partial charge is 0.234 e. The summed E-state index contributed by atoms with van der Waals surface area (Å²) >= 11 is 4.92. The third-order valence-corrected chi connectivity index (χ3v) is 2.80. The van der Waals surface area contributed by atoms with Crippen LogP contribution in [0.15, 0.2) is 0 Å². The first kappa shape index (κ1) is 10.4. The highest BCUT2D eigenvalue weighted by molar-refractivity contribution is 7.80. The van der Waals surface area contributed by atoms with Gasteiger partial charge in [-0.3, -0.25) is 9.69 Å². The van der Waals surface area contributed by atoms with Crippen LogP contribution in [0, 0.1) is 0 Å². The zero-order chi connectivity index (χ0) is 10.0. The summed E-state index contributed by atoms with van der Waals surface area (Å²) in [5.74, 6) is -0.317. The molecule has 4 nitrogen and oxygen atoms in total. The molecule has 2 atom stereocenters. The van der Waals surface area contributed by atoms with E-state index in [0.29, 0.717) is 4.99 Å². The number of nitrogens with zero attached hydrogens (tertiary/aromatic N) is 1. The van der Waals surface area contributed by atoms with Crippen molar-refractivity contribution < 1.29 is 4.79 Å². The topological polar surface area (TPSA) is 72.4 Å². The van der Waals surface area contributed by atoms with E-state index in [1.54, 1.807) is 6.92 Å². The number of hydrogen-bond donors (Lipinski definition) is 2. The Morgan fingerprint density at radius 1 is 1.62 bits per heavy atom. The number of amides is 1. The van der Waals surface area contributed by atoms with Crippen molar-refractivity contribution in [2.75, 3.05) is 6.54 Å². The van der Waals surface area contributed by atoms with E-state index >= 15 is 0 Å². The van der Waals surface area contributed by atoms with E-state index in [1.807, 2.05) is 4.90 Å². The molecule has 0 aromatic rings. The van der Waals surface area contributed by atoms with Crippen LogP contribution in [0.5, 0.6) is 0 Å². The highest BCUT2D eigenvalue weighted by atomic mass is 32.1. The summed E-state index contributed by atoms with van der Waals surface area (Å²) in [6, 6.07) is -0.216. The highest BCUT2D eigenvalue weighted by Gasteiger charge is 2.32. The molecule has 13 heavy (non-hydrogen) atoms. The van der Waals surface area contributed by atoms with Crippen molar-refractivity contribution >= 4 is 23.1 Å². The molecule has 5 heteroatoms. The lowest BCUT2D eigenvalue weighted by Gasteiger charge is -2.27. The van der Waals surface area contributed by atoms with Crippen LogP contribution in [0.3, 0.4) is 0 Å². The van der Waals surface area contributed by atoms with Gasteiger partial charge >= 0.3 is 0 Å². The van der Waals surface area contributed by atoms with Gasteiger partial charge in [-0.05, 0) is 26.3 Å². The van der Waals surface area contributed by atoms with E-state index in [1.165, 1.54) is 0 Å². The predicted octanol–water partition coefficient (Wildman–Crippen LogP) is -0.389. The Labute approximate surface area is 83.2 Å². The van der Waals surface area contributed by atoms with E-state index in [4.69, 9.17) is 23.7 Å². The van der Waals surface area contributed by atoms with E-state index in [9.17, 15) is 4.79 Å². The third-order valence-electron chi connectivity index (χ3n) is 2.53. The Morgan fingerprint density at radius 3 is 2.69 bits per heavy atom. The number of primary amides is 1. The second-order valence-electron chi connectivity index (χ2n) is 3.38. The molecule has 1 aliphatic heterocycles. The maximum absolute atomic E-state index is 11.0. The molecule has 0 aromatic carbocycles. The molecular weight excluding hydrogens is 186 g/mol. The first-order valence-electron chi connectivity index (χ1n) is 4.38. The van der Waals surface area contributed by atoms with Crippen molar-refractivity contribution in [1.29, 1.82) is 0 Å². The summed E-state index contributed by atoms with van der Waals surface area (Å²) < 4.78 is 0. The number of thiocarbonyl (C=S) groups is 1. The van der Waals surface area contributed by atoms with E-state index in [-0.39, 0.29) is 18.0 Å². The molecule has 1 fully saturated rings. The number of nitrogens with two attached hydrogens (primary N) is 2. The zero-order valence-electron chi connectivity index (χ0n) is 7.69. The Morgan fingerprint density at radius 2 is 2.23 bits per heavy atom. The van der Waals surface area contributed by atoms with Crippen LogP contribution in [0.4, 0.5) is 0 Å². The van der Waals surface area contributed by atoms with E-state index in [2.05, 4.69) is 0 Å². The summed E-state index contributed by atoms with van der Waals surface area (Å²) in [6.07, 6.45) is 1.96. The molecule has 0 saturated carbocycles. The molecule has 0 spiro atoms. The second kappa shape index (κ2) is 4.02. The molecule has 1 saturated heterocycles. The van der Waals surface area contributed by atoms with Gasteiger partial charge in [0, 0.05) is 0 Å². The lowest BCUT2D eigenvalue weighted by molar-refractivity contribution is -0.122. The van der Waals surface area contributed by atoms with E-state index in [0.717, 1.165) is 19.4 Å². The molecule has 0 bridgehead atoms. The molecular formula is C8H15N3OS. The van der Waals surface area contributed by atoms with Crippen LogP contribution < -0.4 is 11.5 Å². The minimum atomic E-state index is -0.317. The van der Waals surface area contributed by atoms with Gasteiger partial charge in [0.1, 0.15) is 0 Å². The highest BCUT2D eigenvalue weighted by Crippen LogP contribution is 2.19. The Bertz CT molecular complexity index is 231. The molecule has 4 N–H and O–H groups in total. The molecule has 0 aliphatic carbocycles. The number of carbonyl (C=O) groups is 1. The molecule has 1 aliphatic rings.